The average Bonchev–Trinajstić information content (AvgIpc) is 2.95. The standard InChI is InChI=1S/C21H22N2O4/c1-2-26-20(24)15(14-22)13-17-19(23-11-7-3-4-8-12-23)16-9-5-6-10-18(16)27-21(17)25/h5-6,9-10,13H,2-4,7-8,11-12H2,1H3/b15-13-. The molecule has 1 aromatic carbocycles. The smallest absolute Gasteiger partial charge is 0.348 e. The summed E-state index contributed by atoms with van der Waals surface area (Å²) in [6, 6.07) is 9.18. The van der Waals surface area contributed by atoms with Gasteiger partial charge in [0.25, 0.3) is 0 Å². The molecule has 27 heavy (non-hydrogen) atoms. The third kappa shape index (κ3) is 4.03. The lowest BCUT2D eigenvalue weighted by Crippen LogP contribution is -2.27. The third-order valence-electron chi connectivity index (χ3n) is 4.65. The van der Waals surface area contributed by atoms with Crippen LogP contribution in [0.4, 0.5) is 5.69 Å². The molecule has 0 unspecified atom stereocenters. The summed E-state index contributed by atoms with van der Waals surface area (Å²) in [6.45, 7) is 3.45. The van der Waals surface area contributed by atoms with Gasteiger partial charge in [-0.15, -0.1) is 0 Å². The Balaban J connectivity index is 2.23. The van der Waals surface area contributed by atoms with Crippen LogP contribution >= 0.6 is 0 Å². The molecular formula is C21H22N2O4. The summed E-state index contributed by atoms with van der Waals surface area (Å²) in [5, 5.41) is 10.2. The van der Waals surface area contributed by atoms with E-state index >= 15 is 0 Å². The molecule has 3 rings (SSSR count). The van der Waals surface area contributed by atoms with Crippen LogP contribution in [0.25, 0.3) is 17.0 Å². The van der Waals surface area contributed by atoms with E-state index in [1.807, 2.05) is 24.3 Å². The lowest BCUT2D eigenvalue weighted by atomic mass is 10.1. The van der Waals surface area contributed by atoms with Gasteiger partial charge in [-0.3, -0.25) is 0 Å². The van der Waals surface area contributed by atoms with Crippen molar-refractivity contribution in [3.63, 3.8) is 0 Å². The van der Waals surface area contributed by atoms with Gasteiger partial charge in [-0.05, 0) is 38.0 Å². The second-order valence-electron chi connectivity index (χ2n) is 6.44. The molecule has 0 spiro atoms. The van der Waals surface area contributed by atoms with Crippen LogP contribution in [-0.2, 0) is 9.53 Å². The number of nitrogens with zero attached hydrogens (tertiary/aromatic N) is 2. The Morgan fingerprint density at radius 3 is 2.63 bits per heavy atom. The zero-order valence-corrected chi connectivity index (χ0v) is 15.4. The van der Waals surface area contributed by atoms with Crippen molar-refractivity contribution in [1.29, 1.82) is 5.26 Å². The number of hydrogen-bond acceptors (Lipinski definition) is 6. The normalized spacial score (nSPS) is 15.3. The average molecular weight is 366 g/mol. The molecule has 0 amide bonds. The highest BCUT2D eigenvalue weighted by molar-refractivity contribution is 6.01. The fraction of sp³-hybridized carbons (Fsp3) is 0.381. The molecular weight excluding hydrogens is 344 g/mol. The van der Waals surface area contributed by atoms with Crippen LogP contribution in [0.2, 0.25) is 0 Å². The van der Waals surface area contributed by atoms with Gasteiger partial charge < -0.3 is 14.1 Å². The Kier molecular flexibility index (Phi) is 5.92. The van der Waals surface area contributed by atoms with Crippen molar-refractivity contribution in [1.82, 2.24) is 0 Å². The number of carbonyl (C=O) groups excluding carboxylic acids is 1. The summed E-state index contributed by atoms with van der Waals surface area (Å²) >= 11 is 0. The number of rotatable bonds is 4. The maximum absolute atomic E-state index is 12.7. The van der Waals surface area contributed by atoms with Gasteiger partial charge >= 0.3 is 11.6 Å². The van der Waals surface area contributed by atoms with Crippen LogP contribution in [0.3, 0.4) is 0 Å². The maximum atomic E-state index is 12.7. The Morgan fingerprint density at radius 1 is 1.26 bits per heavy atom. The predicted octanol–water partition coefficient (Wildman–Crippen LogP) is 3.64. The molecule has 0 saturated carbocycles. The van der Waals surface area contributed by atoms with Gasteiger partial charge in [0, 0.05) is 18.5 Å². The summed E-state index contributed by atoms with van der Waals surface area (Å²) in [5.41, 5.74) is 0.662. The van der Waals surface area contributed by atoms with Gasteiger partial charge in [-0.25, -0.2) is 9.59 Å². The van der Waals surface area contributed by atoms with Crippen molar-refractivity contribution in [2.45, 2.75) is 32.6 Å². The van der Waals surface area contributed by atoms with Crippen molar-refractivity contribution in [2.24, 2.45) is 0 Å². The Hall–Kier alpha value is -3.07. The summed E-state index contributed by atoms with van der Waals surface area (Å²) in [7, 11) is 0. The number of ether oxygens (including phenoxy) is 1. The number of hydrogen-bond donors (Lipinski definition) is 0. The summed E-state index contributed by atoms with van der Waals surface area (Å²) in [4.78, 5) is 26.9. The summed E-state index contributed by atoms with van der Waals surface area (Å²) in [5.74, 6) is -0.741. The van der Waals surface area contributed by atoms with Crippen molar-refractivity contribution < 1.29 is 13.9 Å². The van der Waals surface area contributed by atoms with E-state index in [1.54, 1.807) is 13.0 Å². The molecule has 0 N–H and O–H groups in total. The molecule has 6 heteroatoms. The number of nitriles is 1. The first kappa shape index (κ1) is 18.7. The molecule has 2 heterocycles. The first-order chi connectivity index (χ1) is 13.2. The number of carbonyl (C=O) groups is 1. The van der Waals surface area contributed by atoms with Crippen molar-refractivity contribution in [3.8, 4) is 6.07 Å². The van der Waals surface area contributed by atoms with Crippen LogP contribution in [-0.4, -0.2) is 25.7 Å². The van der Waals surface area contributed by atoms with Crippen molar-refractivity contribution in [3.05, 3.63) is 45.8 Å². The maximum Gasteiger partial charge on any atom is 0.348 e. The summed E-state index contributed by atoms with van der Waals surface area (Å²) in [6.07, 6.45) is 5.65. The second-order valence-corrected chi connectivity index (χ2v) is 6.44. The van der Waals surface area contributed by atoms with Gasteiger partial charge in [-0.1, -0.05) is 25.0 Å². The molecule has 1 aromatic heterocycles. The van der Waals surface area contributed by atoms with Crippen LogP contribution in [0.5, 0.6) is 0 Å². The molecule has 2 aromatic rings. The van der Waals surface area contributed by atoms with E-state index < -0.39 is 11.6 Å². The number of fused-ring (bicyclic) bond motifs is 1. The molecule has 1 aliphatic heterocycles. The minimum Gasteiger partial charge on any atom is -0.462 e. The first-order valence-corrected chi connectivity index (χ1v) is 9.25. The molecule has 0 aliphatic carbocycles. The van der Waals surface area contributed by atoms with E-state index in [-0.39, 0.29) is 17.7 Å². The zero-order chi connectivity index (χ0) is 19.2. The quantitative estimate of drug-likeness (QED) is 0.355. The third-order valence-corrected chi connectivity index (χ3v) is 4.65. The minimum absolute atomic E-state index is 0.156. The molecule has 0 atom stereocenters. The summed E-state index contributed by atoms with van der Waals surface area (Å²) < 4.78 is 10.4. The molecule has 140 valence electrons. The highest BCUT2D eigenvalue weighted by Gasteiger charge is 2.22. The lowest BCUT2D eigenvalue weighted by molar-refractivity contribution is -0.137. The fourth-order valence-electron chi connectivity index (χ4n) is 3.40. The van der Waals surface area contributed by atoms with Gasteiger partial charge in [0.05, 0.1) is 17.9 Å². The van der Waals surface area contributed by atoms with Crippen molar-refractivity contribution in [2.75, 3.05) is 24.6 Å². The van der Waals surface area contributed by atoms with E-state index in [9.17, 15) is 14.9 Å². The molecule has 1 aliphatic rings. The van der Waals surface area contributed by atoms with Crippen LogP contribution in [0, 0.1) is 11.3 Å². The molecule has 6 nitrogen and oxygen atoms in total. The van der Waals surface area contributed by atoms with E-state index in [4.69, 9.17) is 9.15 Å². The van der Waals surface area contributed by atoms with Crippen LogP contribution in [0.15, 0.2) is 39.1 Å². The van der Waals surface area contributed by atoms with Gasteiger partial charge in [0.1, 0.15) is 17.2 Å². The van der Waals surface area contributed by atoms with E-state index in [2.05, 4.69) is 4.90 Å². The molecule has 0 radical (unpaired) electrons. The molecule has 1 fully saturated rings. The predicted molar refractivity (Wildman–Crippen MR) is 103 cm³/mol. The second kappa shape index (κ2) is 8.54. The number of esters is 1. The van der Waals surface area contributed by atoms with Gasteiger partial charge in [0.15, 0.2) is 0 Å². The minimum atomic E-state index is -0.741. The monoisotopic (exact) mass is 366 g/mol. The zero-order valence-electron chi connectivity index (χ0n) is 15.4. The largest absolute Gasteiger partial charge is 0.462 e. The Bertz CT molecular complexity index is 960. The first-order valence-electron chi connectivity index (χ1n) is 9.25. The van der Waals surface area contributed by atoms with Crippen LogP contribution < -0.4 is 10.5 Å². The van der Waals surface area contributed by atoms with Gasteiger partial charge in [-0.2, -0.15) is 5.26 Å². The van der Waals surface area contributed by atoms with E-state index in [1.165, 1.54) is 6.08 Å². The lowest BCUT2D eigenvalue weighted by Gasteiger charge is -2.25. The van der Waals surface area contributed by atoms with E-state index in [0.717, 1.165) is 49.8 Å². The Labute approximate surface area is 157 Å². The fourth-order valence-corrected chi connectivity index (χ4v) is 3.40. The van der Waals surface area contributed by atoms with Crippen molar-refractivity contribution >= 4 is 28.7 Å². The highest BCUT2D eigenvalue weighted by Crippen LogP contribution is 2.32. The van der Waals surface area contributed by atoms with Gasteiger partial charge in [0.2, 0.25) is 0 Å². The topological polar surface area (TPSA) is 83.5 Å². The van der Waals surface area contributed by atoms with E-state index in [0.29, 0.717) is 5.58 Å². The van der Waals surface area contributed by atoms with Crippen LogP contribution in [0.1, 0.15) is 38.2 Å². The molecule has 0 bridgehead atoms. The number of anilines is 1. The SMILES string of the molecule is CCOC(=O)/C(C#N)=C\c1c(N2CCCCCC2)c2ccccc2oc1=O. The Morgan fingerprint density at radius 2 is 1.96 bits per heavy atom. The number of benzene rings is 1. The number of para-hydroxylation sites is 1. The highest BCUT2D eigenvalue weighted by atomic mass is 16.5. The molecule has 1 saturated heterocycles.